The summed E-state index contributed by atoms with van der Waals surface area (Å²) in [6, 6.07) is 10.2. The van der Waals surface area contributed by atoms with Crippen LogP contribution < -0.4 is 26.6 Å². The Morgan fingerprint density at radius 2 is 1.81 bits per heavy atom. The second-order valence-electron chi connectivity index (χ2n) is 8.39. The summed E-state index contributed by atoms with van der Waals surface area (Å²) in [5.74, 6) is 0.192. The summed E-state index contributed by atoms with van der Waals surface area (Å²) in [5, 5.41) is 17.1. The van der Waals surface area contributed by atoms with Gasteiger partial charge < -0.3 is 16.8 Å². The van der Waals surface area contributed by atoms with Crippen LogP contribution in [0.1, 0.15) is 5.56 Å². The molecule has 3 aromatic rings. The van der Waals surface area contributed by atoms with E-state index >= 15 is 0 Å². The van der Waals surface area contributed by atoms with Crippen LogP contribution in [0, 0.1) is 0 Å². The van der Waals surface area contributed by atoms with Gasteiger partial charge in [-0.3, -0.25) is 0 Å². The van der Waals surface area contributed by atoms with Gasteiger partial charge in [0.15, 0.2) is 12.5 Å². The number of rotatable bonds is 6. The molecule has 8 N–H and O–H groups in total. The second-order valence-corrected chi connectivity index (χ2v) is 11.6. The van der Waals surface area contributed by atoms with Gasteiger partial charge in [0, 0.05) is 30.1 Å². The fourth-order valence-electron chi connectivity index (χ4n) is 4.33. The molecule has 188 valence electrons. The van der Waals surface area contributed by atoms with E-state index in [2.05, 4.69) is 30.2 Å². The quantitative estimate of drug-likeness (QED) is 0.289. The number of para-hydroxylation sites is 1. The normalized spacial score (nSPS) is 20.2. The van der Waals surface area contributed by atoms with E-state index in [-0.39, 0.29) is 23.9 Å². The molecule has 0 amide bonds. The van der Waals surface area contributed by atoms with E-state index in [1.807, 2.05) is 6.07 Å². The number of nitrogen functional groups attached to an aromatic ring is 1. The van der Waals surface area contributed by atoms with Gasteiger partial charge in [-0.2, -0.15) is 5.11 Å². The van der Waals surface area contributed by atoms with E-state index in [1.165, 1.54) is 12.1 Å². The van der Waals surface area contributed by atoms with Crippen molar-refractivity contribution >= 4 is 42.6 Å². The highest BCUT2D eigenvalue weighted by atomic mass is 32.2. The molecule has 0 saturated carbocycles. The zero-order chi connectivity index (χ0) is 25.7. The molecule has 1 fully saturated rings. The SMILES string of the molecule is Nc1ccc2cccc(-c3ccc(S(=O)(=O)N[C@H]4CNC[C@H]4N)c(S(N)(=O)=O)c3C3=NCN=N3)c2n1. The lowest BCUT2D eigenvalue weighted by molar-refractivity contribution is 0.536. The third-order valence-corrected chi connectivity index (χ3v) is 8.62. The number of sulfonamides is 2. The van der Waals surface area contributed by atoms with E-state index in [1.54, 1.807) is 24.3 Å². The minimum absolute atomic E-state index is 0.0443. The van der Waals surface area contributed by atoms with Crippen LogP contribution in [0.25, 0.3) is 22.0 Å². The molecular formula is C21H23N9O4S2. The second kappa shape index (κ2) is 8.95. The molecule has 5 rings (SSSR count). The van der Waals surface area contributed by atoms with Crippen LogP contribution in [-0.4, -0.2) is 59.5 Å². The minimum atomic E-state index is -4.62. The summed E-state index contributed by atoms with van der Waals surface area (Å²) in [6.45, 7) is 0.658. The lowest BCUT2D eigenvalue weighted by Gasteiger charge is -2.20. The average Bonchev–Trinajstić information content (AvgIpc) is 3.49. The Balaban J connectivity index is 1.82. The number of azo groups is 1. The number of primary sulfonamides is 1. The topological polar surface area (TPSA) is 220 Å². The van der Waals surface area contributed by atoms with E-state index in [4.69, 9.17) is 16.6 Å². The molecule has 1 saturated heterocycles. The van der Waals surface area contributed by atoms with Crippen LogP contribution in [0.3, 0.4) is 0 Å². The number of benzene rings is 2. The molecule has 0 bridgehead atoms. The minimum Gasteiger partial charge on any atom is -0.384 e. The number of amidine groups is 1. The van der Waals surface area contributed by atoms with Crippen molar-refractivity contribution in [3.63, 3.8) is 0 Å². The van der Waals surface area contributed by atoms with Crippen LogP contribution in [0.15, 0.2) is 67.5 Å². The number of hydrogen-bond acceptors (Lipinski definition) is 11. The maximum atomic E-state index is 13.4. The first-order chi connectivity index (χ1) is 17.1. The molecule has 36 heavy (non-hydrogen) atoms. The van der Waals surface area contributed by atoms with Crippen molar-refractivity contribution in [2.24, 2.45) is 26.1 Å². The fourth-order valence-corrected chi connectivity index (χ4v) is 7.22. The number of anilines is 1. The first kappa shape index (κ1) is 24.4. The molecule has 2 aliphatic heterocycles. The number of hydrogen-bond donors (Lipinski definition) is 5. The number of pyridine rings is 1. The lowest BCUT2D eigenvalue weighted by atomic mass is 9.96. The van der Waals surface area contributed by atoms with Gasteiger partial charge in [-0.1, -0.05) is 24.3 Å². The largest absolute Gasteiger partial charge is 0.384 e. The predicted octanol–water partition coefficient (Wildman–Crippen LogP) is -0.121. The van der Waals surface area contributed by atoms with Crippen LogP contribution in [0.4, 0.5) is 5.82 Å². The molecule has 0 aliphatic carbocycles. The summed E-state index contributed by atoms with van der Waals surface area (Å²) in [7, 11) is -9.00. The van der Waals surface area contributed by atoms with Crippen molar-refractivity contribution in [1.82, 2.24) is 15.0 Å². The van der Waals surface area contributed by atoms with Crippen molar-refractivity contribution < 1.29 is 16.8 Å². The number of nitrogens with two attached hydrogens (primary N) is 3. The van der Waals surface area contributed by atoms with Gasteiger partial charge in [0.1, 0.15) is 15.6 Å². The smallest absolute Gasteiger partial charge is 0.242 e. The van der Waals surface area contributed by atoms with E-state index < -0.39 is 41.9 Å². The molecule has 13 nitrogen and oxygen atoms in total. The molecule has 0 radical (unpaired) electrons. The summed E-state index contributed by atoms with van der Waals surface area (Å²) in [6.07, 6.45) is 0. The van der Waals surface area contributed by atoms with Gasteiger partial charge in [0.05, 0.1) is 17.1 Å². The van der Waals surface area contributed by atoms with Crippen LogP contribution in [-0.2, 0) is 20.0 Å². The van der Waals surface area contributed by atoms with Crippen molar-refractivity contribution in [2.75, 3.05) is 25.5 Å². The van der Waals surface area contributed by atoms with Gasteiger partial charge in [-0.15, -0.1) is 5.11 Å². The third kappa shape index (κ3) is 4.36. The van der Waals surface area contributed by atoms with Gasteiger partial charge in [-0.05, 0) is 23.8 Å². The first-order valence-electron chi connectivity index (χ1n) is 10.8. The molecule has 3 heterocycles. The van der Waals surface area contributed by atoms with Crippen molar-refractivity contribution in [1.29, 1.82) is 0 Å². The third-order valence-electron chi connectivity index (χ3n) is 5.97. The Morgan fingerprint density at radius 1 is 1.00 bits per heavy atom. The molecule has 0 spiro atoms. The molecule has 2 atom stereocenters. The van der Waals surface area contributed by atoms with Gasteiger partial charge in [0.25, 0.3) is 0 Å². The van der Waals surface area contributed by atoms with Crippen LogP contribution >= 0.6 is 0 Å². The van der Waals surface area contributed by atoms with Crippen molar-refractivity contribution in [3.05, 3.63) is 48.0 Å². The number of nitrogens with one attached hydrogen (secondary N) is 2. The highest BCUT2D eigenvalue weighted by molar-refractivity contribution is 7.92. The van der Waals surface area contributed by atoms with E-state index in [0.717, 1.165) is 5.39 Å². The standard InChI is InChI=1S/C21H23N9O4S2/c22-14-8-25-9-15(14)30-36(33,34)16-6-5-12(13-3-1-2-11-4-7-17(23)28-19(11)13)18(20(16)35(24,31)32)21-26-10-27-29-21/h1-7,14-15,25,30H,8-10,22H2,(H2,23,28)(H2,24,31,32)/t14-,15+/m1/s1. The summed E-state index contributed by atoms with van der Waals surface area (Å²) in [5.41, 5.74) is 13.1. The average molecular weight is 530 g/mol. The summed E-state index contributed by atoms with van der Waals surface area (Å²) >= 11 is 0. The Bertz CT molecular complexity index is 1650. The monoisotopic (exact) mass is 529 g/mol. The molecule has 15 heteroatoms. The number of fused-ring (bicyclic) bond motifs is 1. The van der Waals surface area contributed by atoms with Crippen LogP contribution in [0.2, 0.25) is 0 Å². The van der Waals surface area contributed by atoms with E-state index in [0.29, 0.717) is 29.7 Å². The number of aliphatic imine (C=N–C) groups is 1. The molecular weight excluding hydrogens is 506 g/mol. The Hall–Kier alpha value is -3.34. The molecule has 2 aliphatic rings. The highest BCUT2D eigenvalue weighted by Crippen LogP contribution is 2.37. The first-order valence-corrected chi connectivity index (χ1v) is 13.9. The van der Waals surface area contributed by atoms with Crippen molar-refractivity contribution in [3.8, 4) is 11.1 Å². The summed E-state index contributed by atoms with van der Waals surface area (Å²) < 4.78 is 55.3. The maximum Gasteiger partial charge on any atom is 0.242 e. The fraction of sp³-hybridized carbons (Fsp3) is 0.238. The highest BCUT2D eigenvalue weighted by Gasteiger charge is 2.35. The van der Waals surface area contributed by atoms with E-state index in [9.17, 15) is 16.8 Å². The predicted molar refractivity (Wildman–Crippen MR) is 134 cm³/mol. The van der Waals surface area contributed by atoms with Gasteiger partial charge in [0.2, 0.25) is 20.0 Å². The number of nitrogens with zero attached hydrogens (tertiary/aromatic N) is 4. The zero-order valence-corrected chi connectivity index (χ0v) is 20.4. The summed E-state index contributed by atoms with van der Waals surface area (Å²) in [4.78, 5) is 7.40. The lowest BCUT2D eigenvalue weighted by Crippen LogP contribution is -2.47. The van der Waals surface area contributed by atoms with Gasteiger partial charge in [-0.25, -0.2) is 36.7 Å². The maximum absolute atomic E-state index is 13.4. The Kier molecular flexibility index (Phi) is 6.06. The van der Waals surface area contributed by atoms with Crippen molar-refractivity contribution in [2.45, 2.75) is 21.9 Å². The number of aromatic nitrogens is 1. The zero-order valence-electron chi connectivity index (χ0n) is 18.8. The molecule has 0 unspecified atom stereocenters. The molecule has 2 aromatic carbocycles. The molecule has 1 aromatic heterocycles. The van der Waals surface area contributed by atoms with Crippen LogP contribution in [0.5, 0.6) is 0 Å². The van der Waals surface area contributed by atoms with Gasteiger partial charge >= 0.3 is 0 Å². The Morgan fingerprint density at radius 3 is 2.47 bits per heavy atom. The Labute approximate surface area is 207 Å².